The number of fused-ring (bicyclic) bond motifs is 1. The van der Waals surface area contributed by atoms with E-state index in [1.54, 1.807) is 16.6 Å². The molecule has 0 radical (unpaired) electrons. The Morgan fingerprint density at radius 3 is 2.44 bits per heavy atom. The minimum absolute atomic E-state index is 0.0625. The third-order valence-electron chi connectivity index (χ3n) is 5.95. The number of nitrogens with zero attached hydrogens (tertiary/aromatic N) is 5. The first-order valence-corrected chi connectivity index (χ1v) is 10.6. The van der Waals surface area contributed by atoms with Gasteiger partial charge < -0.3 is 19.3 Å². The zero-order valence-corrected chi connectivity index (χ0v) is 17.7. The summed E-state index contributed by atoms with van der Waals surface area (Å²) in [5.41, 5.74) is 0.161. The first kappa shape index (κ1) is 20.7. The SMILES string of the molecule is Cn1ncc2c(=O)[nH]c(N3CCN(c4c(F)cc(OC5CCOCC5)cc4F)CC3)nc21. The molecule has 11 heteroatoms. The number of ether oxygens (including phenoxy) is 2. The molecule has 2 aliphatic rings. The first-order valence-electron chi connectivity index (χ1n) is 10.6. The summed E-state index contributed by atoms with van der Waals surface area (Å²) in [7, 11) is 1.72. The van der Waals surface area contributed by atoms with Crippen LogP contribution in [-0.4, -0.2) is 65.2 Å². The van der Waals surface area contributed by atoms with E-state index in [1.165, 1.54) is 18.3 Å². The van der Waals surface area contributed by atoms with E-state index in [9.17, 15) is 13.6 Å². The van der Waals surface area contributed by atoms with Crippen molar-refractivity contribution in [3.05, 3.63) is 40.3 Å². The van der Waals surface area contributed by atoms with Crippen LogP contribution in [0.15, 0.2) is 23.1 Å². The second kappa shape index (κ2) is 8.38. The van der Waals surface area contributed by atoms with Gasteiger partial charge in [0, 0.05) is 58.2 Å². The highest BCUT2D eigenvalue weighted by molar-refractivity contribution is 5.74. The number of benzene rings is 1. The van der Waals surface area contributed by atoms with Crippen LogP contribution in [-0.2, 0) is 11.8 Å². The molecule has 0 amide bonds. The number of rotatable bonds is 4. The molecule has 0 atom stereocenters. The van der Waals surface area contributed by atoms with Gasteiger partial charge in [0.1, 0.15) is 22.9 Å². The fraction of sp³-hybridized carbons (Fsp3) is 0.476. The summed E-state index contributed by atoms with van der Waals surface area (Å²) >= 11 is 0. The summed E-state index contributed by atoms with van der Waals surface area (Å²) in [5.74, 6) is -0.681. The van der Waals surface area contributed by atoms with Crippen molar-refractivity contribution in [1.82, 2.24) is 19.7 Å². The molecule has 0 saturated carbocycles. The number of aryl methyl sites for hydroxylation is 1. The van der Waals surface area contributed by atoms with Gasteiger partial charge in [-0.2, -0.15) is 10.1 Å². The van der Waals surface area contributed by atoms with Crippen LogP contribution in [0, 0.1) is 11.6 Å². The second-order valence-corrected chi connectivity index (χ2v) is 8.03. The molecular weight excluding hydrogens is 422 g/mol. The third-order valence-corrected chi connectivity index (χ3v) is 5.95. The van der Waals surface area contributed by atoms with Crippen LogP contribution in [0.1, 0.15) is 12.8 Å². The number of hydrogen-bond donors (Lipinski definition) is 1. The number of anilines is 2. The minimum atomic E-state index is -0.650. The maximum absolute atomic E-state index is 14.8. The molecule has 9 nitrogen and oxygen atoms in total. The van der Waals surface area contributed by atoms with Gasteiger partial charge >= 0.3 is 0 Å². The van der Waals surface area contributed by atoms with Crippen molar-refractivity contribution in [2.24, 2.45) is 7.05 Å². The van der Waals surface area contributed by atoms with Crippen molar-refractivity contribution in [1.29, 1.82) is 0 Å². The molecule has 32 heavy (non-hydrogen) atoms. The van der Waals surface area contributed by atoms with Crippen molar-refractivity contribution in [3.8, 4) is 5.75 Å². The lowest BCUT2D eigenvalue weighted by molar-refractivity contribution is 0.0253. The molecule has 5 rings (SSSR count). The van der Waals surface area contributed by atoms with Crippen LogP contribution < -0.4 is 20.1 Å². The van der Waals surface area contributed by atoms with E-state index >= 15 is 0 Å². The number of nitrogens with one attached hydrogen (secondary N) is 1. The fourth-order valence-corrected chi connectivity index (χ4v) is 4.21. The summed E-state index contributed by atoms with van der Waals surface area (Å²) in [4.78, 5) is 23.1. The zero-order valence-electron chi connectivity index (χ0n) is 17.7. The molecule has 4 heterocycles. The zero-order chi connectivity index (χ0) is 22.2. The average molecular weight is 446 g/mol. The van der Waals surface area contributed by atoms with Gasteiger partial charge in [0.05, 0.1) is 19.4 Å². The monoisotopic (exact) mass is 446 g/mol. The second-order valence-electron chi connectivity index (χ2n) is 8.03. The Kier molecular flexibility index (Phi) is 5.41. The third kappa shape index (κ3) is 3.88. The molecule has 170 valence electrons. The maximum Gasteiger partial charge on any atom is 0.263 e. The molecule has 2 fully saturated rings. The van der Waals surface area contributed by atoms with Crippen LogP contribution in [0.25, 0.3) is 11.0 Å². The van der Waals surface area contributed by atoms with Crippen LogP contribution in [0.2, 0.25) is 0 Å². The van der Waals surface area contributed by atoms with Crippen molar-refractivity contribution in [2.45, 2.75) is 18.9 Å². The Labute approximate surface area is 182 Å². The molecular formula is C21H24F2N6O3. The molecule has 2 aliphatic heterocycles. The van der Waals surface area contributed by atoms with E-state index in [-0.39, 0.29) is 23.1 Å². The molecule has 0 unspecified atom stereocenters. The van der Waals surface area contributed by atoms with Gasteiger partial charge in [-0.05, 0) is 0 Å². The Morgan fingerprint density at radius 1 is 1.09 bits per heavy atom. The molecule has 3 aromatic rings. The number of aromatic nitrogens is 4. The summed E-state index contributed by atoms with van der Waals surface area (Å²) in [6, 6.07) is 2.49. The predicted octanol–water partition coefficient (Wildman–Crippen LogP) is 1.82. The van der Waals surface area contributed by atoms with Gasteiger partial charge in [0.25, 0.3) is 5.56 Å². The van der Waals surface area contributed by atoms with Crippen LogP contribution in [0.5, 0.6) is 5.75 Å². The summed E-state index contributed by atoms with van der Waals surface area (Å²) in [6.45, 7) is 2.83. The Hall–Kier alpha value is -3.21. The quantitative estimate of drug-likeness (QED) is 0.654. The van der Waals surface area contributed by atoms with Crippen LogP contribution in [0.4, 0.5) is 20.4 Å². The lowest BCUT2D eigenvalue weighted by Gasteiger charge is -2.36. The molecule has 0 aliphatic carbocycles. The van der Waals surface area contributed by atoms with Gasteiger partial charge in [0.15, 0.2) is 17.3 Å². The number of H-pyrrole nitrogens is 1. The molecule has 1 aromatic carbocycles. The van der Waals surface area contributed by atoms with Crippen molar-refractivity contribution < 1.29 is 18.3 Å². The predicted molar refractivity (Wildman–Crippen MR) is 114 cm³/mol. The lowest BCUT2D eigenvalue weighted by atomic mass is 10.1. The molecule has 2 saturated heterocycles. The number of halogens is 2. The Morgan fingerprint density at radius 2 is 1.75 bits per heavy atom. The fourth-order valence-electron chi connectivity index (χ4n) is 4.21. The molecule has 1 N–H and O–H groups in total. The average Bonchev–Trinajstić information content (AvgIpc) is 3.16. The van der Waals surface area contributed by atoms with Gasteiger partial charge in [0.2, 0.25) is 5.95 Å². The number of aromatic amines is 1. The maximum atomic E-state index is 14.8. The topological polar surface area (TPSA) is 88.5 Å². The van der Waals surface area contributed by atoms with E-state index < -0.39 is 11.6 Å². The van der Waals surface area contributed by atoms with Gasteiger partial charge in [-0.1, -0.05) is 0 Å². The number of piperazine rings is 1. The summed E-state index contributed by atoms with van der Waals surface area (Å²) in [5, 5.41) is 4.48. The van der Waals surface area contributed by atoms with E-state index in [4.69, 9.17) is 9.47 Å². The molecule has 2 aromatic heterocycles. The standard InChI is InChI=1S/C21H24F2N6O3/c1-27-19-15(12-24-27)20(30)26-21(25-19)29-6-4-28(5-7-29)18-16(22)10-14(11-17(18)23)32-13-2-8-31-9-3-13/h10-13H,2-9H2,1H3,(H,25,26,30). The van der Waals surface area contributed by atoms with Crippen LogP contribution in [0.3, 0.4) is 0 Å². The van der Waals surface area contributed by atoms with E-state index in [0.717, 1.165) is 0 Å². The number of hydrogen-bond acceptors (Lipinski definition) is 7. The Balaban J connectivity index is 1.30. The highest BCUT2D eigenvalue weighted by Gasteiger charge is 2.26. The van der Waals surface area contributed by atoms with Crippen molar-refractivity contribution in [3.63, 3.8) is 0 Å². The van der Waals surface area contributed by atoms with Gasteiger partial charge in [-0.25, -0.2) is 8.78 Å². The minimum Gasteiger partial charge on any atom is -0.490 e. The Bertz CT molecular complexity index is 1160. The van der Waals surface area contributed by atoms with Gasteiger partial charge in [-0.15, -0.1) is 0 Å². The molecule has 0 spiro atoms. The first-order chi connectivity index (χ1) is 15.5. The highest BCUT2D eigenvalue weighted by atomic mass is 19.1. The van der Waals surface area contributed by atoms with Gasteiger partial charge in [-0.3, -0.25) is 14.5 Å². The van der Waals surface area contributed by atoms with E-state index in [1.807, 2.05) is 4.90 Å². The van der Waals surface area contributed by atoms with Crippen LogP contribution >= 0.6 is 0 Å². The van der Waals surface area contributed by atoms with Crippen molar-refractivity contribution in [2.75, 3.05) is 49.2 Å². The summed E-state index contributed by atoms with van der Waals surface area (Å²) < 4.78 is 42.2. The normalized spacial score (nSPS) is 17.8. The largest absolute Gasteiger partial charge is 0.490 e. The highest BCUT2D eigenvalue weighted by Crippen LogP contribution is 2.30. The smallest absolute Gasteiger partial charge is 0.263 e. The lowest BCUT2D eigenvalue weighted by Crippen LogP contribution is -2.48. The van der Waals surface area contributed by atoms with E-state index in [2.05, 4.69) is 15.1 Å². The summed E-state index contributed by atoms with van der Waals surface area (Å²) in [6.07, 6.45) is 2.79. The van der Waals surface area contributed by atoms with Crippen molar-refractivity contribution >= 4 is 22.7 Å². The van der Waals surface area contributed by atoms with E-state index in [0.29, 0.717) is 69.2 Å². The molecule has 0 bridgehead atoms.